The molecule has 7 nitrogen and oxygen atoms in total. The van der Waals surface area contributed by atoms with Gasteiger partial charge in [-0.2, -0.15) is 0 Å². The number of amides is 3. The van der Waals surface area contributed by atoms with Gasteiger partial charge in [0.1, 0.15) is 0 Å². The Labute approximate surface area is 138 Å². The smallest absolute Gasteiger partial charge is 0.337 e. The zero-order chi connectivity index (χ0) is 17.7. The molecule has 0 radical (unpaired) electrons. The van der Waals surface area contributed by atoms with Crippen LogP contribution in [0.2, 0.25) is 0 Å². The van der Waals surface area contributed by atoms with E-state index in [0.717, 1.165) is 11.1 Å². The van der Waals surface area contributed by atoms with E-state index in [9.17, 15) is 14.4 Å². The Hall–Kier alpha value is -3.35. The van der Waals surface area contributed by atoms with E-state index in [1.165, 1.54) is 18.2 Å². The van der Waals surface area contributed by atoms with E-state index in [-0.39, 0.29) is 23.4 Å². The first-order valence-corrected chi connectivity index (χ1v) is 7.15. The van der Waals surface area contributed by atoms with E-state index < -0.39 is 17.9 Å². The number of nitrogens with one attached hydrogen (secondary N) is 2. The molecule has 7 heteroatoms. The monoisotopic (exact) mass is 327 g/mol. The lowest BCUT2D eigenvalue weighted by Crippen LogP contribution is -2.39. The third-order valence-corrected chi connectivity index (χ3v) is 3.51. The van der Waals surface area contributed by atoms with Crippen LogP contribution >= 0.6 is 0 Å². The fourth-order valence-corrected chi connectivity index (χ4v) is 2.15. The van der Waals surface area contributed by atoms with Gasteiger partial charge in [0.05, 0.1) is 16.8 Å². The van der Waals surface area contributed by atoms with Crippen molar-refractivity contribution in [2.45, 2.75) is 13.5 Å². The van der Waals surface area contributed by atoms with Gasteiger partial charge in [0.2, 0.25) is 0 Å². The number of hydrogen-bond donors (Lipinski definition) is 4. The number of carboxylic acid groups (broad SMARTS) is 1. The van der Waals surface area contributed by atoms with Crippen LogP contribution in [-0.2, 0) is 6.54 Å². The van der Waals surface area contributed by atoms with Crippen molar-refractivity contribution in [3.05, 3.63) is 64.7 Å². The molecule has 0 saturated carbocycles. The Morgan fingerprint density at radius 1 is 1.04 bits per heavy atom. The largest absolute Gasteiger partial charge is 0.478 e. The maximum Gasteiger partial charge on any atom is 0.337 e. The standard InChI is InChI=1S/C17H17N3O4/c1-10-5-2-3-6-11(10)9-19-17(24)20-15(21)12-7-4-8-13(14(12)18)16(22)23/h2-8H,9,18H2,1H3,(H,22,23)(H2,19,20,21,24). The van der Waals surface area contributed by atoms with Gasteiger partial charge in [0, 0.05) is 6.54 Å². The number of aryl methyl sites for hydroxylation is 1. The van der Waals surface area contributed by atoms with Gasteiger partial charge in [-0.05, 0) is 30.2 Å². The Morgan fingerprint density at radius 3 is 2.38 bits per heavy atom. The van der Waals surface area contributed by atoms with Crippen LogP contribution in [0.15, 0.2) is 42.5 Å². The molecule has 5 N–H and O–H groups in total. The highest BCUT2D eigenvalue weighted by atomic mass is 16.4. The summed E-state index contributed by atoms with van der Waals surface area (Å²) in [5, 5.41) is 13.7. The minimum Gasteiger partial charge on any atom is -0.478 e. The molecule has 2 aromatic carbocycles. The molecule has 0 aromatic heterocycles. The number of nitrogen functional groups attached to an aromatic ring is 1. The average molecular weight is 327 g/mol. The van der Waals surface area contributed by atoms with Gasteiger partial charge < -0.3 is 16.2 Å². The second-order valence-corrected chi connectivity index (χ2v) is 5.14. The van der Waals surface area contributed by atoms with E-state index in [1.807, 2.05) is 31.2 Å². The summed E-state index contributed by atoms with van der Waals surface area (Å²) in [7, 11) is 0. The predicted octanol–water partition coefficient (Wildman–Crippen LogP) is 1.92. The number of imide groups is 1. The van der Waals surface area contributed by atoms with Crippen LogP contribution in [0.5, 0.6) is 0 Å². The average Bonchev–Trinajstić information content (AvgIpc) is 2.54. The van der Waals surface area contributed by atoms with Crippen LogP contribution < -0.4 is 16.4 Å². The first-order valence-electron chi connectivity index (χ1n) is 7.15. The molecular formula is C17H17N3O4. The molecule has 0 unspecified atom stereocenters. The third-order valence-electron chi connectivity index (χ3n) is 3.51. The quantitative estimate of drug-likeness (QED) is 0.639. The number of carbonyl (C=O) groups is 3. The summed E-state index contributed by atoms with van der Waals surface area (Å²) in [5.41, 5.74) is 7.17. The molecule has 0 bridgehead atoms. The van der Waals surface area contributed by atoms with Crippen molar-refractivity contribution >= 4 is 23.6 Å². The molecule has 0 aliphatic rings. The molecule has 124 valence electrons. The molecule has 0 heterocycles. The van der Waals surface area contributed by atoms with E-state index in [4.69, 9.17) is 10.8 Å². The van der Waals surface area contributed by atoms with Gasteiger partial charge >= 0.3 is 12.0 Å². The van der Waals surface area contributed by atoms with Crippen LogP contribution in [-0.4, -0.2) is 23.0 Å². The number of aromatic carboxylic acids is 1. The van der Waals surface area contributed by atoms with Gasteiger partial charge in [-0.3, -0.25) is 10.1 Å². The Bertz CT molecular complexity index is 802. The number of anilines is 1. The topological polar surface area (TPSA) is 122 Å². The molecule has 0 atom stereocenters. The fourth-order valence-electron chi connectivity index (χ4n) is 2.15. The van der Waals surface area contributed by atoms with Crippen LogP contribution in [0.1, 0.15) is 31.8 Å². The van der Waals surface area contributed by atoms with E-state index in [2.05, 4.69) is 10.6 Å². The third kappa shape index (κ3) is 3.89. The first kappa shape index (κ1) is 17.0. The summed E-state index contributed by atoms with van der Waals surface area (Å²) in [6, 6.07) is 10.9. The van der Waals surface area contributed by atoms with Crippen molar-refractivity contribution in [1.82, 2.24) is 10.6 Å². The lowest BCUT2D eigenvalue weighted by atomic mass is 10.1. The Balaban J connectivity index is 2.02. The van der Waals surface area contributed by atoms with Gasteiger partial charge in [-0.15, -0.1) is 0 Å². The van der Waals surface area contributed by atoms with Crippen LogP contribution in [0, 0.1) is 6.92 Å². The first-order chi connectivity index (χ1) is 11.4. The molecule has 0 aliphatic heterocycles. The number of carbonyl (C=O) groups excluding carboxylic acids is 2. The van der Waals surface area contributed by atoms with Crippen molar-refractivity contribution in [1.29, 1.82) is 0 Å². The maximum atomic E-state index is 12.1. The zero-order valence-corrected chi connectivity index (χ0v) is 13.0. The number of urea groups is 1. The maximum absolute atomic E-state index is 12.1. The number of para-hydroxylation sites is 1. The Morgan fingerprint density at radius 2 is 1.71 bits per heavy atom. The summed E-state index contributed by atoms with van der Waals surface area (Å²) >= 11 is 0. The van der Waals surface area contributed by atoms with Gasteiger partial charge in [0.15, 0.2) is 0 Å². The molecule has 3 amide bonds. The molecule has 2 aromatic rings. The fraction of sp³-hybridized carbons (Fsp3) is 0.118. The highest BCUT2D eigenvalue weighted by molar-refractivity contribution is 6.10. The van der Waals surface area contributed by atoms with Crippen molar-refractivity contribution in [2.24, 2.45) is 0 Å². The molecule has 0 aliphatic carbocycles. The molecular weight excluding hydrogens is 310 g/mol. The summed E-state index contributed by atoms with van der Waals surface area (Å²) in [5.74, 6) is -2.01. The number of rotatable bonds is 4. The lowest BCUT2D eigenvalue weighted by molar-refractivity contribution is 0.0698. The van der Waals surface area contributed by atoms with E-state index in [0.29, 0.717) is 0 Å². The van der Waals surface area contributed by atoms with Crippen molar-refractivity contribution in [3.63, 3.8) is 0 Å². The number of hydrogen-bond acceptors (Lipinski definition) is 4. The number of benzene rings is 2. The van der Waals surface area contributed by atoms with Crippen LogP contribution in [0.3, 0.4) is 0 Å². The molecule has 24 heavy (non-hydrogen) atoms. The van der Waals surface area contributed by atoms with Gasteiger partial charge in [0.25, 0.3) is 5.91 Å². The summed E-state index contributed by atoms with van der Waals surface area (Å²) in [6.07, 6.45) is 0. The van der Waals surface area contributed by atoms with E-state index in [1.54, 1.807) is 0 Å². The summed E-state index contributed by atoms with van der Waals surface area (Å²) in [4.78, 5) is 34.9. The second-order valence-electron chi connectivity index (χ2n) is 5.14. The molecule has 2 rings (SSSR count). The second kappa shape index (κ2) is 7.28. The normalized spacial score (nSPS) is 10.0. The lowest BCUT2D eigenvalue weighted by Gasteiger charge is -2.10. The predicted molar refractivity (Wildman–Crippen MR) is 88.7 cm³/mol. The van der Waals surface area contributed by atoms with Gasteiger partial charge in [-0.1, -0.05) is 30.3 Å². The van der Waals surface area contributed by atoms with Crippen LogP contribution in [0.4, 0.5) is 10.5 Å². The summed E-state index contributed by atoms with van der Waals surface area (Å²) < 4.78 is 0. The van der Waals surface area contributed by atoms with Crippen molar-refractivity contribution < 1.29 is 19.5 Å². The molecule has 0 saturated heterocycles. The Kier molecular flexibility index (Phi) is 5.16. The summed E-state index contributed by atoms with van der Waals surface area (Å²) in [6.45, 7) is 2.18. The SMILES string of the molecule is Cc1ccccc1CNC(=O)NC(=O)c1cccc(C(=O)O)c1N. The van der Waals surface area contributed by atoms with Crippen molar-refractivity contribution in [3.8, 4) is 0 Å². The van der Waals surface area contributed by atoms with Crippen molar-refractivity contribution in [2.75, 3.05) is 5.73 Å². The number of carboxylic acids is 1. The van der Waals surface area contributed by atoms with E-state index >= 15 is 0 Å². The minimum absolute atomic E-state index is 0.0686. The minimum atomic E-state index is -1.24. The van der Waals surface area contributed by atoms with Gasteiger partial charge in [-0.25, -0.2) is 9.59 Å². The highest BCUT2D eigenvalue weighted by Gasteiger charge is 2.17. The molecule has 0 fully saturated rings. The molecule has 0 spiro atoms. The highest BCUT2D eigenvalue weighted by Crippen LogP contribution is 2.17. The number of nitrogens with two attached hydrogens (primary N) is 1. The van der Waals surface area contributed by atoms with Crippen LogP contribution in [0.25, 0.3) is 0 Å². The zero-order valence-electron chi connectivity index (χ0n) is 13.0.